The smallest absolute Gasteiger partial charge is 0.147 e. The summed E-state index contributed by atoms with van der Waals surface area (Å²) < 4.78 is 0.752. The molecule has 2 nitrogen and oxygen atoms in total. The van der Waals surface area contributed by atoms with Crippen LogP contribution in [-0.2, 0) is 5.75 Å². The standard InChI is InChI=1S/C15H16BrClN2S/c1-3-10(2)20-9-12-18-14(13(16)15(17)19-12)11-7-5-4-6-8-11/h4-8,10H,3,9H2,1-2H3. The Kier molecular flexibility index (Phi) is 5.87. The van der Waals surface area contributed by atoms with E-state index in [9.17, 15) is 0 Å². The van der Waals surface area contributed by atoms with Crippen molar-refractivity contribution in [2.24, 2.45) is 0 Å². The fraction of sp³-hybridized carbons (Fsp3) is 0.333. The van der Waals surface area contributed by atoms with Gasteiger partial charge in [-0.05, 0) is 22.4 Å². The largest absolute Gasteiger partial charge is 0.231 e. The van der Waals surface area contributed by atoms with Crippen LogP contribution in [0.15, 0.2) is 34.8 Å². The number of thioether (sulfide) groups is 1. The average Bonchev–Trinajstić information content (AvgIpc) is 2.48. The molecule has 0 radical (unpaired) electrons. The topological polar surface area (TPSA) is 25.8 Å². The Morgan fingerprint density at radius 2 is 1.95 bits per heavy atom. The summed E-state index contributed by atoms with van der Waals surface area (Å²) in [6, 6.07) is 10.0. The van der Waals surface area contributed by atoms with E-state index < -0.39 is 0 Å². The molecule has 0 amide bonds. The van der Waals surface area contributed by atoms with Crippen molar-refractivity contribution in [3.05, 3.63) is 45.8 Å². The van der Waals surface area contributed by atoms with Crippen molar-refractivity contribution < 1.29 is 0 Å². The second-order valence-corrected chi connectivity index (χ2v) is 7.07. The molecule has 20 heavy (non-hydrogen) atoms. The minimum Gasteiger partial charge on any atom is -0.231 e. The van der Waals surface area contributed by atoms with Crippen molar-refractivity contribution in [1.29, 1.82) is 0 Å². The van der Waals surface area contributed by atoms with Crippen LogP contribution in [0, 0.1) is 0 Å². The number of halogens is 2. The van der Waals surface area contributed by atoms with Crippen LogP contribution in [0.5, 0.6) is 0 Å². The number of benzene rings is 1. The lowest BCUT2D eigenvalue weighted by molar-refractivity contribution is 0.901. The lowest BCUT2D eigenvalue weighted by atomic mass is 10.1. The number of hydrogen-bond acceptors (Lipinski definition) is 3. The third-order valence-electron chi connectivity index (χ3n) is 2.98. The van der Waals surface area contributed by atoms with Gasteiger partial charge in [-0.15, -0.1) is 0 Å². The van der Waals surface area contributed by atoms with Gasteiger partial charge in [0.1, 0.15) is 11.0 Å². The molecule has 0 aliphatic carbocycles. The van der Waals surface area contributed by atoms with Gasteiger partial charge in [0.2, 0.25) is 0 Å². The highest BCUT2D eigenvalue weighted by atomic mass is 79.9. The summed E-state index contributed by atoms with van der Waals surface area (Å²) in [7, 11) is 0. The van der Waals surface area contributed by atoms with Crippen molar-refractivity contribution in [1.82, 2.24) is 9.97 Å². The first kappa shape index (κ1) is 15.8. The fourth-order valence-corrected chi connectivity index (χ4v) is 3.04. The Bertz CT molecular complexity index is 578. The van der Waals surface area contributed by atoms with Crippen LogP contribution in [0.1, 0.15) is 26.1 Å². The molecule has 0 bridgehead atoms. The molecular weight excluding hydrogens is 356 g/mol. The van der Waals surface area contributed by atoms with Crippen LogP contribution < -0.4 is 0 Å². The highest BCUT2D eigenvalue weighted by molar-refractivity contribution is 9.10. The first-order chi connectivity index (χ1) is 9.61. The average molecular weight is 372 g/mol. The summed E-state index contributed by atoms with van der Waals surface area (Å²) in [6.45, 7) is 4.39. The Balaban J connectivity index is 2.31. The lowest BCUT2D eigenvalue weighted by Gasteiger charge is -2.10. The second kappa shape index (κ2) is 7.43. The van der Waals surface area contributed by atoms with Gasteiger partial charge in [-0.3, -0.25) is 0 Å². The maximum absolute atomic E-state index is 6.21. The van der Waals surface area contributed by atoms with Crippen molar-refractivity contribution in [2.45, 2.75) is 31.3 Å². The van der Waals surface area contributed by atoms with Gasteiger partial charge in [0, 0.05) is 10.8 Å². The molecule has 1 aromatic heterocycles. The number of rotatable bonds is 5. The zero-order valence-electron chi connectivity index (χ0n) is 11.4. The predicted molar refractivity (Wildman–Crippen MR) is 91.2 cm³/mol. The van der Waals surface area contributed by atoms with E-state index in [1.54, 1.807) is 0 Å². The van der Waals surface area contributed by atoms with E-state index >= 15 is 0 Å². The summed E-state index contributed by atoms with van der Waals surface area (Å²) in [5.74, 6) is 1.56. The Labute approximate surface area is 137 Å². The monoisotopic (exact) mass is 370 g/mol. The molecule has 1 aromatic carbocycles. The second-order valence-electron chi connectivity index (χ2n) is 4.49. The van der Waals surface area contributed by atoms with Gasteiger partial charge in [0.15, 0.2) is 0 Å². The van der Waals surface area contributed by atoms with Gasteiger partial charge >= 0.3 is 0 Å². The molecule has 0 spiro atoms. The minimum absolute atomic E-state index is 0.471. The first-order valence-corrected chi connectivity index (χ1v) is 8.72. The molecule has 1 unspecified atom stereocenters. The minimum atomic E-state index is 0.471. The van der Waals surface area contributed by atoms with Crippen LogP contribution in [0.25, 0.3) is 11.3 Å². The van der Waals surface area contributed by atoms with E-state index in [4.69, 9.17) is 11.6 Å². The molecule has 2 rings (SSSR count). The molecule has 2 aromatic rings. The Morgan fingerprint density at radius 3 is 2.60 bits per heavy atom. The fourth-order valence-electron chi connectivity index (χ4n) is 1.65. The third kappa shape index (κ3) is 3.96. The highest BCUT2D eigenvalue weighted by Gasteiger charge is 2.13. The zero-order chi connectivity index (χ0) is 14.5. The van der Waals surface area contributed by atoms with E-state index in [0.717, 1.165) is 33.7 Å². The molecule has 106 valence electrons. The van der Waals surface area contributed by atoms with Gasteiger partial charge in [-0.2, -0.15) is 11.8 Å². The van der Waals surface area contributed by atoms with Crippen LogP contribution in [0.3, 0.4) is 0 Å². The van der Waals surface area contributed by atoms with Crippen LogP contribution in [-0.4, -0.2) is 15.2 Å². The first-order valence-electron chi connectivity index (χ1n) is 6.50. The van der Waals surface area contributed by atoms with Crippen LogP contribution in [0.4, 0.5) is 0 Å². The maximum Gasteiger partial charge on any atom is 0.147 e. The van der Waals surface area contributed by atoms with Gasteiger partial charge in [-0.1, -0.05) is 55.8 Å². The third-order valence-corrected chi connectivity index (χ3v) is 5.56. The van der Waals surface area contributed by atoms with E-state index in [-0.39, 0.29) is 0 Å². The summed E-state index contributed by atoms with van der Waals surface area (Å²) in [5, 5.41) is 1.07. The predicted octanol–water partition coefficient (Wildman–Crippen LogP) is 5.59. The number of aromatic nitrogens is 2. The molecule has 0 N–H and O–H groups in total. The van der Waals surface area contributed by atoms with Crippen LogP contribution in [0.2, 0.25) is 5.15 Å². The lowest BCUT2D eigenvalue weighted by Crippen LogP contribution is -2.00. The van der Waals surface area contributed by atoms with Crippen molar-refractivity contribution in [3.63, 3.8) is 0 Å². The summed E-state index contributed by atoms with van der Waals surface area (Å²) in [6.07, 6.45) is 1.14. The molecule has 0 saturated heterocycles. The van der Waals surface area contributed by atoms with Crippen LogP contribution >= 0.6 is 39.3 Å². The number of nitrogens with zero attached hydrogens (tertiary/aromatic N) is 2. The molecule has 0 aliphatic heterocycles. The molecule has 0 saturated carbocycles. The maximum atomic E-state index is 6.21. The Hall–Kier alpha value is -0.580. The molecule has 1 heterocycles. The van der Waals surface area contributed by atoms with Crippen molar-refractivity contribution >= 4 is 39.3 Å². The van der Waals surface area contributed by atoms with Gasteiger partial charge in [0.25, 0.3) is 0 Å². The van der Waals surface area contributed by atoms with Crippen molar-refractivity contribution in [2.75, 3.05) is 0 Å². The van der Waals surface area contributed by atoms with E-state index in [1.165, 1.54) is 0 Å². The van der Waals surface area contributed by atoms with Gasteiger partial charge in [-0.25, -0.2) is 9.97 Å². The quantitative estimate of drug-likeness (QED) is 0.641. The molecule has 0 fully saturated rings. The van der Waals surface area contributed by atoms with E-state index in [1.807, 2.05) is 42.1 Å². The van der Waals surface area contributed by atoms with E-state index in [0.29, 0.717) is 10.4 Å². The highest BCUT2D eigenvalue weighted by Crippen LogP contribution is 2.32. The Morgan fingerprint density at radius 1 is 1.25 bits per heavy atom. The molecule has 1 atom stereocenters. The van der Waals surface area contributed by atoms with Gasteiger partial charge < -0.3 is 0 Å². The summed E-state index contributed by atoms with van der Waals surface area (Å²) >= 11 is 11.5. The molecule has 0 aliphatic rings. The van der Waals surface area contributed by atoms with E-state index in [2.05, 4.69) is 39.7 Å². The molecular formula is C15H16BrClN2S. The SMILES string of the molecule is CCC(C)SCc1nc(Cl)c(Br)c(-c2ccccc2)n1. The molecule has 5 heteroatoms. The van der Waals surface area contributed by atoms with Gasteiger partial charge in [0.05, 0.1) is 15.9 Å². The summed E-state index contributed by atoms with van der Waals surface area (Å²) in [5.41, 5.74) is 1.89. The normalized spacial score (nSPS) is 12.4. The summed E-state index contributed by atoms with van der Waals surface area (Å²) in [4.78, 5) is 9.00. The zero-order valence-corrected chi connectivity index (χ0v) is 14.6. The van der Waals surface area contributed by atoms with Crippen molar-refractivity contribution in [3.8, 4) is 11.3 Å². The number of hydrogen-bond donors (Lipinski definition) is 0.